The molecule has 0 unspecified atom stereocenters. The molecule has 0 radical (unpaired) electrons. The predicted molar refractivity (Wildman–Crippen MR) is 545 cm³/mol. The lowest BCUT2D eigenvalue weighted by Gasteiger charge is -2.33. The van der Waals surface area contributed by atoms with Gasteiger partial charge in [0.1, 0.15) is 17.2 Å². The van der Waals surface area contributed by atoms with Gasteiger partial charge in [0.15, 0.2) is 32.4 Å². The summed E-state index contributed by atoms with van der Waals surface area (Å²) in [5.74, 6) is -0.639. The molecule has 14 rings (SSSR count). The number of thiocarbonyl (C=S) groups is 4. The normalized spacial score (nSPS) is 13.7. The van der Waals surface area contributed by atoms with Gasteiger partial charge in [-0.05, 0) is 261 Å². The maximum atomic E-state index is 12.9. The smallest absolute Gasteiger partial charge is 0.357 e. The Bertz CT molecular complexity index is 5480. The number of ether oxygens (including phenoxy) is 4. The molecule has 0 bridgehead atoms. The summed E-state index contributed by atoms with van der Waals surface area (Å²) in [4.78, 5) is 106. The highest BCUT2D eigenvalue weighted by molar-refractivity contribution is 7.81. The van der Waals surface area contributed by atoms with Gasteiger partial charge in [-0.3, -0.25) is 14.4 Å². The standard InChI is InChI=1S/C26H30N6O3S2.C20H26N4O2S2.C18H22N4O2S2.C11H16N2O2S.C9H10N2S.C8H10N2O2/c1-31(2)19-7-5-18(6-8-19)28-26(36)32-12-10-16(11-13-32)25-30-21(15-37-25)24(34)29-20-14-17(23(27)33)4-9-22(20)35-3;1-4-26-19(25)17-13-28-18(22-17)14-9-11-24(12-10-14)20(27)21-15-5-7-16(8-6-15)23(2)3;1-21(2)14-5-3-13(4-6-14)19-18(25)22-9-7-12(8-10-22)16-20-15(11-26-16)17(23)24;1-2-15-11(14)9-7-16-10(13-9)8-3-5-12-6-4-8;1-11(2)9-5-3-8(4-6-9)10-7-12;1-12-7-3-2-5(8(10)11)4-6(7)9/h4-9,14-16H,10-13H2,1-3H3,(H2,27,33)(H,28,36)(H,29,34);5-8,13-14H,4,9-12H2,1-3H3,(H,21,27);3-6,11-12H,7-10H2,1-2H3,(H,19,25)(H,23,24);7-8,12H,2-6H2,1H3;3-6H,1-2H3;2-4H,9H2,1H3,(H2,10,11). The number of hydrogen-bond donors (Lipinski definition) is 9. The number of benzene rings is 6. The van der Waals surface area contributed by atoms with Gasteiger partial charge in [-0.1, -0.05) is 0 Å². The Hall–Kier alpha value is -11.9. The number of nitrogens with two attached hydrogens (primary N) is 3. The van der Waals surface area contributed by atoms with Crippen molar-refractivity contribution in [2.75, 3.05) is 183 Å². The summed E-state index contributed by atoms with van der Waals surface area (Å²) in [6.45, 7) is 11.5. The molecule has 39 heteroatoms. The molecule has 696 valence electrons. The van der Waals surface area contributed by atoms with Crippen LogP contribution in [0.3, 0.4) is 0 Å². The summed E-state index contributed by atoms with van der Waals surface area (Å²) in [6, 6.07) is 41.6. The van der Waals surface area contributed by atoms with Crippen LogP contribution in [0, 0.1) is 0 Å². The number of nitrogens with zero attached hydrogens (tertiary/aromatic N) is 12. The monoisotopic (exact) mass is 1930 g/mol. The number of thiazole rings is 4. The molecular weight excluding hydrogens is 1820 g/mol. The van der Waals surface area contributed by atoms with Crippen LogP contribution in [0.15, 0.2) is 160 Å². The quantitative estimate of drug-likeness (QED) is 0.0124. The van der Waals surface area contributed by atoms with Gasteiger partial charge in [0, 0.05) is 192 Å². The highest BCUT2D eigenvalue weighted by atomic mass is 32.1. The van der Waals surface area contributed by atoms with Crippen molar-refractivity contribution in [1.29, 1.82) is 0 Å². The number of aromatic carboxylic acids is 1. The lowest BCUT2D eigenvalue weighted by Crippen LogP contribution is -2.40. The summed E-state index contributed by atoms with van der Waals surface area (Å²) < 4.78 is 20.1. The number of carboxylic acid groups (broad SMARTS) is 1. The molecule has 6 aromatic carbocycles. The third kappa shape index (κ3) is 31.4. The predicted octanol–water partition coefficient (Wildman–Crippen LogP) is 16.2. The summed E-state index contributed by atoms with van der Waals surface area (Å²) in [6.07, 6.45) is 7.79. The number of methoxy groups -OCH3 is 2. The van der Waals surface area contributed by atoms with Crippen molar-refractivity contribution in [3.8, 4) is 11.5 Å². The first-order valence-electron chi connectivity index (χ1n) is 42.3. The number of likely N-dealkylation sites (tertiary alicyclic amines) is 3. The van der Waals surface area contributed by atoms with Crippen molar-refractivity contribution >= 4 is 207 Å². The van der Waals surface area contributed by atoms with E-state index in [0.717, 1.165) is 179 Å². The number of amides is 3. The number of primary amides is 2. The number of hydrogen-bond acceptors (Lipinski definition) is 29. The van der Waals surface area contributed by atoms with Crippen molar-refractivity contribution < 1.29 is 52.8 Å². The van der Waals surface area contributed by atoms with Gasteiger partial charge >= 0.3 is 17.9 Å². The Balaban J connectivity index is 0.000000185. The van der Waals surface area contributed by atoms with Gasteiger partial charge in [-0.15, -0.1) is 45.3 Å². The number of rotatable bonds is 23. The van der Waals surface area contributed by atoms with Gasteiger partial charge in [0.25, 0.3) is 5.91 Å². The molecule has 0 saturated carbocycles. The molecule has 31 nitrogen and oxygen atoms in total. The van der Waals surface area contributed by atoms with Gasteiger partial charge < -0.3 is 102 Å². The fraction of sp³-hybridized carbons (Fsp3) is 0.370. The molecule has 4 aliphatic rings. The molecule has 4 fully saturated rings. The lowest BCUT2D eigenvalue weighted by atomic mass is 9.98. The van der Waals surface area contributed by atoms with Crippen molar-refractivity contribution in [2.24, 2.45) is 16.5 Å². The second-order valence-corrected chi connectivity index (χ2v) is 36.0. The Morgan fingerprint density at radius 3 is 1.11 bits per heavy atom. The van der Waals surface area contributed by atoms with Crippen molar-refractivity contribution in [3.05, 3.63) is 209 Å². The number of aromatic nitrogens is 4. The Morgan fingerprint density at radius 1 is 0.466 bits per heavy atom. The van der Waals surface area contributed by atoms with Crippen molar-refractivity contribution in [2.45, 2.75) is 88.9 Å². The third-order valence-corrected chi connectivity index (χ3v) is 26.5. The minimum absolute atomic E-state index is 0.144. The number of carbonyl (C=O) groups excluding carboxylic acids is 5. The van der Waals surface area contributed by atoms with E-state index >= 15 is 0 Å². The molecule has 0 aliphatic carbocycles. The van der Waals surface area contributed by atoms with Crippen LogP contribution in [0.1, 0.15) is 172 Å². The molecule has 12 N–H and O–H groups in total. The van der Waals surface area contributed by atoms with Crippen LogP contribution >= 0.6 is 94.2 Å². The molecule has 10 aromatic rings. The van der Waals surface area contributed by atoms with E-state index in [4.69, 9.17) is 77.9 Å². The Labute approximate surface area is 802 Å². The van der Waals surface area contributed by atoms with Crippen LogP contribution in [0.25, 0.3) is 0 Å². The summed E-state index contributed by atoms with van der Waals surface area (Å²) >= 11 is 27.3. The van der Waals surface area contributed by atoms with E-state index in [1.54, 1.807) is 82.3 Å². The van der Waals surface area contributed by atoms with Gasteiger partial charge in [-0.2, -0.15) is 4.99 Å². The highest BCUT2D eigenvalue weighted by Gasteiger charge is 2.30. The zero-order valence-electron chi connectivity index (χ0n) is 75.4. The van der Waals surface area contributed by atoms with E-state index in [0.29, 0.717) is 81.6 Å². The van der Waals surface area contributed by atoms with E-state index in [-0.39, 0.29) is 35.0 Å². The van der Waals surface area contributed by atoms with Crippen LogP contribution in [0.4, 0.5) is 56.9 Å². The second kappa shape index (κ2) is 51.6. The molecule has 0 atom stereocenters. The van der Waals surface area contributed by atoms with E-state index in [1.165, 1.54) is 49.0 Å². The van der Waals surface area contributed by atoms with Gasteiger partial charge in [0.2, 0.25) is 11.8 Å². The topological polar surface area (TPSA) is 384 Å². The Morgan fingerprint density at radius 2 is 0.786 bits per heavy atom. The van der Waals surface area contributed by atoms with Crippen LogP contribution < -0.4 is 72.9 Å². The second-order valence-electron chi connectivity index (χ2n) is 31.1. The molecule has 4 aromatic heterocycles. The molecular formula is C92H114N20O11S8. The van der Waals surface area contributed by atoms with Crippen LogP contribution in [0.5, 0.6) is 11.5 Å². The SMILES string of the molecule is CCOC(=O)c1csc(C2CCN(C(=S)Nc3ccc(N(C)C)cc3)CC2)n1.CCOC(=O)c1csc(C2CCNCC2)n1.CN(C)c1ccc(N=C=S)cc1.CN(C)c1ccc(NC(=S)N2CCC(c3nc(C(=O)O)cs3)CC2)cc1.COc1ccc(C(N)=O)cc1N.COc1ccc(C(N)=O)cc1NC(=O)c1csc(C2CCN(C(=S)Nc3ccc(N(C)C)cc3)CC2)n1. The number of anilines is 9. The number of carbonyl (C=O) groups is 6. The number of nitrogens with one attached hydrogen (secondary N) is 5. The minimum atomic E-state index is -0.962. The summed E-state index contributed by atoms with van der Waals surface area (Å²) in [5.41, 5.74) is 27.1. The number of carboxylic acids is 1. The van der Waals surface area contributed by atoms with Crippen molar-refractivity contribution in [1.82, 2.24) is 40.0 Å². The zero-order valence-corrected chi connectivity index (χ0v) is 82.0. The maximum absolute atomic E-state index is 12.9. The minimum Gasteiger partial charge on any atom is -0.495 e. The first kappa shape index (κ1) is 103. The molecule has 131 heavy (non-hydrogen) atoms. The fourth-order valence-corrected chi connectivity index (χ4v) is 18.7. The fourth-order valence-electron chi connectivity index (χ4n) is 13.8. The van der Waals surface area contributed by atoms with Crippen LogP contribution in [-0.2, 0) is 9.47 Å². The number of nitrogen functional groups attached to an aromatic ring is 1. The first-order chi connectivity index (χ1) is 62.8. The molecule has 8 heterocycles. The van der Waals surface area contributed by atoms with E-state index in [9.17, 15) is 28.8 Å². The molecule has 4 aliphatic heterocycles. The molecule has 3 amide bonds. The third-order valence-electron chi connectivity index (χ3n) is 21.3. The summed E-state index contributed by atoms with van der Waals surface area (Å²) in [7, 11) is 19.1. The van der Waals surface area contributed by atoms with Gasteiger partial charge in [0.05, 0.1) is 69.7 Å². The number of isothiocyanates is 1. The maximum Gasteiger partial charge on any atom is 0.357 e. The lowest BCUT2D eigenvalue weighted by molar-refractivity contribution is 0.0510. The Kier molecular flexibility index (Phi) is 40.5. The van der Waals surface area contributed by atoms with E-state index in [1.807, 2.05) is 122 Å². The number of aliphatic imine (C=N–C) groups is 1. The first-order valence-corrected chi connectivity index (χ1v) is 47.5. The molecule has 4 saturated heterocycles. The highest BCUT2D eigenvalue weighted by Crippen LogP contribution is 2.37. The van der Waals surface area contributed by atoms with Crippen molar-refractivity contribution in [3.63, 3.8) is 0 Å². The van der Waals surface area contributed by atoms with E-state index in [2.05, 4.69) is 135 Å². The molecule has 0 spiro atoms. The number of esters is 2. The van der Waals surface area contributed by atoms with Crippen LogP contribution in [0.2, 0.25) is 0 Å². The van der Waals surface area contributed by atoms with E-state index < -0.39 is 17.8 Å². The van der Waals surface area contributed by atoms with Crippen LogP contribution in [-0.4, -0.2) is 232 Å². The van der Waals surface area contributed by atoms with Gasteiger partial charge in [-0.25, -0.2) is 34.3 Å². The largest absolute Gasteiger partial charge is 0.495 e. The number of piperidine rings is 4. The summed E-state index contributed by atoms with van der Waals surface area (Å²) in [5, 5.41) is 40.5. The average molecular weight is 1930 g/mol. The average Bonchev–Trinajstić information content (AvgIpc) is 1.64. The zero-order chi connectivity index (χ0) is 94.8.